The summed E-state index contributed by atoms with van der Waals surface area (Å²) >= 11 is 1.46. The van der Waals surface area contributed by atoms with Gasteiger partial charge < -0.3 is 4.74 Å². The van der Waals surface area contributed by atoms with Crippen molar-refractivity contribution in [2.24, 2.45) is 4.99 Å². The second kappa shape index (κ2) is 6.42. The Morgan fingerprint density at radius 2 is 2.28 bits per heavy atom. The zero-order valence-corrected chi connectivity index (χ0v) is 10.8. The van der Waals surface area contributed by atoms with Crippen molar-refractivity contribution in [1.82, 2.24) is 10.9 Å². The van der Waals surface area contributed by atoms with Gasteiger partial charge in [0.15, 0.2) is 6.61 Å². The highest BCUT2D eigenvalue weighted by atomic mass is 32.2. The van der Waals surface area contributed by atoms with Gasteiger partial charge in [-0.3, -0.25) is 4.79 Å². The molecular formula is C12H14N3O2S. The SMILES string of the molecule is CCC1N[N]C(=NC(=O)COc2ccccc2)S1. The lowest BCUT2D eigenvalue weighted by Crippen LogP contribution is -2.24. The topological polar surface area (TPSA) is 64.8 Å². The first-order chi connectivity index (χ1) is 8.78. The third kappa shape index (κ3) is 3.75. The van der Waals surface area contributed by atoms with Crippen LogP contribution >= 0.6 is 11.8 Å². The number of thioether (sulfide) groups is 1. The summed E-state index contributed by atoms with van der Waals surface area (Å²) in [5, 5.41) is 0.690. The number of benzene rings is 1. The van der Waals surface area contributed by atoms with Crippen LogP contribution in [0.4, 0.5) is 0 Å². The Bertz CT molecular complexity index is 436. The van der Waals surface area contributed by atoms with Gasteiger partial charge in [-0.1, -0.05) is 36.9 Å². The minimum absolute atomic E-state index is 0.0691. The molecule has 1 amide bonds. The minimum atomic E-state index is -0.330. The first-order valence-electron chi connectivity index (χ1n) is 5.70. The molecule has 18 heavy (non-hydrogen) atoms. The molecule has 95 valence electrons. The van der Waals surface area contributed by atoms with E-state index in [0.717, 1.165) is 6.42 Å². The van der Waals surface area contributed by atoms with E-state index in [4.69, 9.17) is 4.74 Å². The standard InChI is InChI=1S/C12H14N3O2S/c1-2-11-14-15-12(18-11)13-10(16)8-17-9-6-4-3-5-7-9/h3-7,11,14H,2,8H2,1H3. The summed E-state index contributed by atoms with van der Waals surface area (Å²) in [6.07, 6.45) is 0.932. The van der Waals surface area contributed by atoms with Crippen LogP contribution in [0.5, 0.6) is 5.75 Å². The van der Waals surface area contributed by atoms with Crippen LogP contribution in [0.15, 0.2) is 35.3 Å². The highest BCUT2D eigenvalue weighted by Crippen LogP contribution is 2.18. The third-order valence-electron chi connectivity index (χ3n) is 2.25. The predicted octanol–water partition coefficient (Wildman–Crippen LogP) is 1.54. The summed E-state index contributed by atoms with van der Waals surface area (Å²) in [4.78, 5) is 15.4. The molecule has 1 radical (unpaired) electrons. The molecule has 1 fully saturated rings. The quantitative estimate of drug-likeness (QED) is 0.896. The average Bonchev–Trinajstić information content (AvgIpc) is 2.85. The van der Waals surface area contributed by atoms with Crippen LogP contribution in [0.1, 0.15) is 13.3 Å². The fraction of sp³-hybridized carbons (Fsp3) is 0.333. The zero-order chi connectivity index (χ0) is 12.8. The molecule has 6 heteroatoms. The molecule has 1 heterocycles. The number of rotatable bonds is 4. The Kier molecular flexibility index (Phi) is 4.60. The van der Waals surface area contributed by atoms with E-state index < -0.39 is 0 Å². The van der Waals surface area contributed by atoms with Gasteiger partial charge in [0.2, 0.25) is 5.17 Å². The number of nitrogens with zero attached hydrogens (tertiary/aromatic N) is 2. The molecule has 0 saturated carbocycles. The summed E-state index contributed by atoms with van der Waals surface area (Å²) in [5.74, 6) is 0.329. The molecule has 1 aromatic rings. The van der Waals surface area contributed by atoms with Crippen LogP contribution in [0.25, 0.3) is 0 Å². The lowest BCUT2D eigenvalue weighted by molar-refractivity contribution is -0.119. The minimum Gasteiger partial charge on any atom is -0.484 e. The van der Waals surface area contributed by atoms with E-state index in [0.29, 0.717) is 10.9 Å². The first-order valence-corrected chi connectivity index (χ1v) is 6.58. The number of para-hydroxylation sites is 1. The number of amides is 1. The van der Waals surface area contributed by atoms with E-state index in [9.17, 15) is 4.79 Å². The Balaban J connectivity index is 1.81. The molecule has 1 saturated heterocycles. The predicted molar refractivity (Wildman–Crippen MR) is 71.3 cm³/mol. The normalized spacial score (nSPS) is 20.7. The van der Waals surface area contributed by atoms with Crippen LogP contribution in [-0.2, 0) is 4.79 Å². The Morgan fingerprint density at radius 3 is 2.94 bits per heavy atom. The van der Waals surface area contributed by atoms with Crippen LogP contribution in [0.3, 0.4) is 0 Å². The summed E-state index contributed by atoms with van der Waals surface area (Å²) in [6, 6.07) is 9.18. The number of aliphatic imine (C=N–C) groups is 1. The van der Waals surface area contributed by atoms with Gasteiger partial charge >= 0.3 is 0 Å². The van der Waals surface area contributed by atoms with Crippen molar-refractivity contribution in [2.45, 2.75) is 18.7 Å². The van der Waals surface area contributed by atoms with Gasteiger partial charge in [0, 0.05) is 0 Å². The van der Waals surface area contributed by atoms with Crippen molar-refractivity contribution in [3.8, 4) is 5.75 Å². The second-order valence-corrected chi connectivity index (χ2v) is 4.82. The molecule has 0 aromatic heterocycles. The lowest BCUT2D eigenvalue weighted by Gasteiger charge is -2.02. The number of carbonyl (C=O) groups is 1. The van der Waals surface area contributed by atoms with Gasteiger partial charge in [0.25, 0.3) is 5.91 Å². The zero-order valence-electron chi connectivity index (χ0n) is 10.00. The summed E-state index contributed by atoms with van der Waals surface area (Å²) in [7, 11) is 0. The van der Waals surface area contributed by atoms with E-state index in [1.165, 1.54) is 11.8 Å². The van der Waals surface area contributed by atoms with Gasteiger partial charge in [-0.15, -0.1) is 0 Å². The molecule has 1 aromatic carbocycles. The maximum Gasteiger partial charge on any atom is 0.286 e. The monoisotopic (exact) mass is 264 g/mol. The van der Waals surface area contributed by atoms with Gasteiger partial charge in [0.1, 0.15) is 5.75 Å². The summed E-state index contributed by atoms with van der Waals surface area (Å²) in [5.41, 5.74) is 6.87. The molecule has 0 bridgehead atoms. The molecule has 1 N–H and O–H groups in total. The molecule has 1 aliphatic heterocycles. The van der Waals surface area contributed by atoms with E-state index >= 15 is 0 Å². The number of hydrogen-bond donors (Lipinski definition) is 1. The van der Waals surface area contributed by atoms with Crippen LogP contribution in [-0.4, -0.2) is 23.1 Å². The van der Waals surface area contributed by atoms with Crippen molar-refractivity contribution in [3.63, 3.8) is 0 Å². The molecule has 2 rings (SSSR count). The fourth-order valence-corrected chi connectivity index (χ4v) is 2.12. The fourth-order valence-electron chi connectivity index (χ4n) is 1.33. The highest BCUT2D eigenvalue weighted by molar-refractivity contribution is 8.14. The van der Waals surface area contributed by atoms with E-state index in [-0.39, 0.29) is 17.9 Å². The van der Waals surface area contributed by atoms with Gasteiger partial charge in [0.05, 0.1) is 5.37 Å². The lowest BCUT2D eigenvalue weighted by atomic mass is 10.3. The molecule has 0 spiro atoms. The highest BCUT2D eigenvalue weighted by Gasteiger charge is 2.21. The Labute approximate surface area is 110 Å². The smallest absolute Gasteiger partial charge is 0.286 e. The van der Waals surface area contributed by atoms with Crippen molar-refractivity contribution in [3.05, 3.63) is 30.3 Å². The van der Waals surface area contributed by atoms with E-state index in [2.05, 4.69) is 15.8 Å². The molecule has 1 atom stereocenters. The molecule has 1 aliphatic rings. The van der Waals surface area contributed by atoms with Crippen molar-refractivity contribution >= 4 is 22.8 Å². The Hall–Kier alpha value is -1.53. The molecule has 1 unspecified atom stereocenters. The number of carbonyl (C=O) groups excluding carboxylic acids is 1. The van der Waals surface area contributed by atoms with E-state index in [1.807, 2.05) is 25.1 Å². The van der Waals surface area contributed by atoms with Crippen LogP contribution in [0, 0.1) is 0 Å². The second-order valence-electron chi connectivity index (χ2n) is 3.65. The maximum absolute atomic E-state index is 11.6. The van der Waals surface area contributed by atoms with Crippen molar-refractivity contribution in [1.29, 1.82) is 0 Å². The van der Waals surface area contributed by atoms with Gasteiger partial charge in [-0.05, 0) is 18.6 Å². The third-order valence-corrected chi connectivity index (χ3v) is 3.37. The number of nitrogens with one attached hydrogen (secondary N) is 1. The average molecular weight is 264 g/mol. The number of amidine groups is 1. The van der Waals surface area contributed by atoms with Crippen LogP contribution < -0.4 is 15.6 Å². The summed E-state index contributed by atoms with van der Waals surface area (Å²) in [6.45, 7) is 1.98. The molecule has 5 nitrogen and oxygen atoms in total. The van der Waals surface area contributed by atoms with Crippen LogP contribution in [0.2, 0.25) is 0 Å². The largest absolute Gasteiger partial charge is 0.484 e. The van der Waals surface area contributed by atoms with Crippen molar-refractivity contribution < 1.29 is 9.53 Å². The number of hydrogen-bond acceptors (Lipinski definition) is 4. The maximum atomic E-state index is 11.6. The number of ether oxygens (including phenoxy) is 1. The summed E-state index contributed by atoms with van der Waals surface area (Å²) < 4.78 is 5.30. The van der Waals surface area contributed by atoms with Crippen molar-refractivity contribution in [2.75, 3.05) is 6.61 Å². The van der Waals surface area contributed by atoms with Gasteiger partial charge in [-0.2, -0.15) is 15.8 Å². The Morgan fingerprint density at radius 1 is 1.50 bits per heavy atom. The molecular weight excluding hydrogens is 250 g/mol. The molecule has 0 aliphatic carbocycles. The van der Waals surface area contributed by atoms with Gasteiger partial charge in [-0.25, -0.2) is 0 Å². The van der Waals surface area contributed by atoms with E-state index in [1.54, 1.807) is 12.1 Å². The first kappa shape index (κ1) is 12.9.